The van der Waals surface area contributed by atoms with Crippen LogP contribution in [-0.4, -0.2) is 12.3 Å². The number of fused-ring (bicyclic) bond motifs is 1. The number of hydrogen-bond acceptors (Lipinski definition) is 2. The zero-order chi connectivity index (χ0) is 13.8. The van der Waals surface area contributed by atoms with E-state index in [1.165, 1.54) is 61.2 Å². The molecule has 1 aliphatic carbocycles. The number of thioether (sulfide) groups is 1. The van der Waals surface area contributed by atoms with Gasteiger partial charge in [-0.2, -0.15) is 0 Å². The minimum atomic E-state index is 0.508. The minimum Gasteiger partial charge on any atom is -0.310 e. The van der Waals surface area contributed by atoms with Crippen LogP contribution in [0.5, 0.6) is 0 Å². The molecule has 1 heterocycles. The predicted molar refractivity (Wildman–Crippen MR) is 88.7 cm³/mol. The highest BCUT2D eigenvalue weighted by Crippen LogP contribution is 2.37. The van der Waals surface area contributed by atoms with Crippen molar-refractivity contribution in [2.45, 2.75) is 55.9 Å². The van der Waals surface area contributed by atoms with Crippen molar-refractivity contribution in [3.8, 4) is 0 Å². The maximum atomic E-state index is 6.16. The molecule has 0 spiro atoms. The van der Waals surface area contributed by atoms with Crippen LogP contribution in [0.3, 0.4) is 0 Å². The SMILES string of the molecule is Clc1ccc2c(c1)C(NCCC1CCCCC1)CCS2. The Balaban J connectivity index is 1.54. The second kappa shape index (κ2) is 7.20. The van der Waals surface area contributed by atoms with Gasteiger partial charge in [0.25, 0.3) is 0 Å². The van der Waals surface area contributed by atoms with Gasteiger partial charge < -0.3 is 5.32 Å². The third-order valence-corrected chi connectivity index (χ3v) is 6.04. The smallest absolute Gasteiger partial charge is 0.0410 e. The number of hydrogen-bond donors (Lipinski definition) is 1. The molecule has 20 heavy (non-hydrogen) atoms. The molecule has 0 saturated heterocycles. The summed E-state index contributed by atoms with van der Waals surface area (Å²) in [6.45, 7) is 1.16. The topological polar surface area (TPSA) is 12.0 Å². The van der Waals surface area contributed by atoms with E-state index in [-0.39, 0.29) is 0 Å². The van der Waals surface area contributed by atoms with Gasteiger partial charge in [0.2, 0.25) is 0 Å². The molecule has 0 radical (unpaired) electrons. The quantitative estimate of drug-likeness (QED) is 0.795. The lowest BCUT2D eigenvalue weighted by Crippen LogP contribution is -2.27. The Morgan fingerprint density at radius 2 is 2.00 bits per heavy atom. The number of benzene rings is 1. The third-order valence-electron chi connectivity index (χ3n) is 4.68. The van der Waals surface area contributed by atoms with Gasteiger partial charge >= 0.3 is 0 Å². The van der Waals surface area contributed by atoms with Crippen molar-refractivity contribution in [3.63, 3.8) is 0 Å². The Labute approximate surface area is 131 Å². The molecule has 1 nitrogen and oxygen atoms in total. The second-order valence-corrected chi connectivity index (χ2v) is 7.69. The lowest BCUT2D eigenvalue weighted by molar-refractivity contribution is 0.326. The molecule has 1 aliphatic heterocycles. The lowest BCUT2D eigenvalue weighted by atomic mass is 9.87. The first-order valence-corrected chi connectivity index (χ1v) is 9.35. The van der Waals surface area contributed by atoms with Crippen LogP contribution in [-0.2, 0) is 0 Å². The van der Waals surface area contributed by atoms with Gasteiger partial charge in [-0.3, -0.25) is 0 Å². The van der Waals surface area contributed by atoms with Gasteiger partial charge in [-0.25, -0.2) is 0 Å². The van der Waals surface area contributed by atoms with Crippen molar-refractivity contribution in [1.82, 2.24) is 5.32 Å². The summed E-state index contributed by atoms with van der Waals surface area (Å²) in [5, 5.41) is 4.65. The Morgan fingerprint density at radius 3 is 2.85 bits per heavy atom. The van der Waals surface area contributed by atoms with Gasteiger partial charge in [-0.05, 0) is 54.8 Å². The van der Waals surface area contributed by atoms with E-state index in [4.69, 9.17) is 11.6 Å². The molecule has 110 valence electrons. The molecular formula is C17H24ClNS. The van der Waals surface area contributed by atoms with Crippen LogP contribution in [0, 0.1) is 5.92 Å². The first kappa shape index (κ1) is 14.7. The summed E-state index contributed by atoms with van der Waals surface area (Å²) in [5.74, 6) is 2.18. The monoisotopic (exact) mass is 309 g/mol. The number of halogens is 1. The molecule has 3 rings (SSSR count). The predicted octanol–water partition coefficient (Wildman–Crippen LogP) is 5.44. The third kappa shape index (κ3) is 3.72. The lowest BCUT2D eigenvalue weighted by Gasteiger charge is -2.28. The summed E-state index contributed by atoms with van der Waals surface area (Å²) in [6.07, 6.45) is 9.82. The van der Waals surface area contributed by atoms with E-state index >= 15 is 0 Å². The molecule has 1 aromatic rings. The fourth-order valence-electron chi connectivity index (χ4n) is 3.51. The molecular weight excluding hydrogens is 286 g/mol. The van der Waals surface area contributed by atoms with E-state index < -0.39 is 0 Å². The molecule has 0 bridgehead atoms. The summed E-state index contributed by atoms with van der Waals surface area (Å²) in [5.41, 5.74) is 1.41. The summed E-state index contributed by atoms with van der Waals surface area (Å²) < 4.78 is 0. The normalized spacial score (nSPS) is 23.6. The highest BCUT2D eigenvalue weighted by molar-refractivity contribution is 7.99. The summed E-state index contributed by atoms with van der Waals surface area (Å²) >= 11 is 8.12. The van der Waals surface area contributed by atoms with Crippen LogP contribution in [0.15, 0.2) is 23.1 Å². The highest BCUT2D eigenvalue weighted by atomic mass is 35.5. The van der Waals surface area contributed by atoms with Crippen LogP contribution in [0.2, 0.25) is 5.02 Å². The highest BCUT2D eigenvalue weighted by Gasteiger charge is 2.21. The van der Waals surface area contributed by atoms with Gasteiger partial charge in [-0.1, -0.05) is 43.7 Å². The molecule has 0 amide bonds. The van der Waals surface area contributed by atoms with E-state index in [2.05, 4.69) is 17.4 Å². The minimum absolute atomic E-state index is 0.508. The standard InChI is InChI=1S/C17H24ClNS/c18-14-6-7-17-15(12-14)16(9-11-20-17)19-10-8-13-4-2-1-3-5-13/h6-7,12-13,16,19H,1-5,8-11H2. The fourth-order valence-corrected chi connectivity index (χ4v) is 4.80. The van der Waals surface area contributed by atoms with Crippen molar-refractivity contribution >= 4 is 23.4 Å². The van der Waals surface area contributed by atoms with Crippen LogP contribution >= 0.6 is 23.4 Å². The van der Waals surface area contributed by atoms with Gasteiger partial charge in [0.1, 0.15) is 0 Å². The van der Waals surface area contributed by atoms with Crippen LogP contribution < -0.4 is 5.32 Å². The largest absolute Gasteiger partial charge is 0.310 e. The van der Waals surface area contributed by atoms with Crippen LogP contribution in [0.25, 0.3) is 0 Å². The zero-order valence-electron chi connectivity index (χ0n) is 12.0. The summed E-state index contributed by atoms with van der Waals surface area (Å²) in [7, 11) is 0. The molecule has 3 heteroatoms. The first-order chi connectivity index (χ1) is 9.83. The summed E-state index contributed by atoms with van der Waals surface area (Å²) in [6, 6.07) is 6.85. The first-order valence-electron chi connectivity index (χ1n) is 7.98. The zero-order valence-corrected chi connectivity index (χ0v) is 13.6. The number of nitrogens with one attached hydrogen (secondary N) is 1. The Morgan fingerprint density at radius 1 is 1.15 bits per heavy atom. The Kier molecular flexibility index (Phi) is 5.30. The molecule has 1 unspecified atom stereocenters. The second-order valence-electron chi connectivity index (χ2n) is 6.12. The molecule has 0 aromatic heterocycles. The van der Waals surface area contributed by atoms with Gasteiger partial charge in [-0.15, -0.1) is 11.8 Å². The molecule has 1 atom stereocenters. The number of rotatable bonds is 4. The van der Waals surface area contributed by atoms with E-state index in [9.17, 15) is 0 Å². The van der Waals surface area contributed by atoms with Crippen molar-refractivity contribution in [2.24, 2.45) is 5.92 Å². The molecule has 1 aromatic carbocycles. The van der Waals surface area contributed by atoms with Gasteiger partial charge in [0.15, 0.2) is 0 Å². The Hall–Kier alpha value is -0.180. The van der Waals surface area contributed by atoms with E-state index in [0.29, 0.717) is 6.04 Å². The molecule has 1 fully saturated rings. The van der Waals surface area contributed by atoms with Crippen LogP contribution in [0.4, 0.5) is 0 Å². The maximum absolute atomic E-state index is 6.16. The molecule has 1 saturated carbocycles. The maximum Gasteiger partial charge on any atom is 0.0410 e. The Bertz CT molecular complexity index is 443. The average Bonchev–Trinajstić information content (AvgIpc) is 2.49. The van der Waals surface area contributed by atoms with Gasteiger partial charge in [0, 0.05) is 16.0 Å². The fraction of sp³-hybridized carbons (Fsp3) is 0.647. The average molecular weight is 310 g/mol. The van der Waals surface area contributed by atoms with E-state index in [0.717, 1.165) is 17.5 Å². The molecule has 2 aliphatic rings. The van der Waals surface area contributed by atoms with E-state index in [1.54, 1.807) is 0 Å². The van der Waals surface area contributed by atoms with Crippen molar-refractivity contribution < 1.29 is 0 Å². The van der Waals surface area contributed by atoms with Crippen molar-refractivity contribution in [2.75, 3.05) is 12.3 Å². The van der Waals surface area contributed by atoms with E-state index in [1.807, 2.05) is 17.8 Å². The van der Waals surface area contributed by atoms with Crippen molar-refractivity contribution in [1.29, 1.82) is 0 Å². The summed E-state index contributed by atoms with van der Waals surface area (Å²) in [4.78, 5) is 1.41. The van der Waals surface area contributed by atoms with Gasteiger partial charge in [0.05, 0.1) is 0 Å². The van der Waals surface area contributed by atoms with Crippen molar-refractivity contribution in [3.05, 3.63) is 28.8 Å². The van der Waals surface area contributed by atoms with Crippen LogP contribution in [0.1, 0.15) is 56.6 Å². The molecule has 1 N–H and O–H groups in total.